The predicted octanol–water partition coefficient (Wildman–Crippen LogP) is 3.40. The molecule has 2 N–H and O–H groups in total. The van der Waals surface area contributed by atoms with Crippen molar-refractivity contribution in [3.63, 3.8) is 0 Å². The molecule has 0 saturated heterocycles. The van der Waals surface area contributed by atoms with E-state index in [1.807, 2.05) is 36.4 Å². The summed E-state index contributed by atoms with van der Waals surface area (Å²) in [6.45, 7) is 5.61. The van der Waals surface area contributed by atoms with Crippen LogP contribution in [0.1, 0.15) is 11.3 Å². The zero-order chi connectivity index (χ0) is 15.6. The molecular weight excluding hydrogens is 298 g/mol. The molecule has 0 bridgehead atoms. The van der Waals surface area contributed by atoms with E-state index in [1.54, 1.807) is 12.3 Å². The predicted molar refractivity (Wildman–Crippen MR) is 91.2 cm³/mol. The number of halogens is 1. The van der Waals surface area contributed by atoms with E-state index in [-0.39, 0.29) is 0 Å². The normalized spacial score (nSPS) is 11.2. The molecule has 1 aromatic heterocycles. The smallest absolute Gasteiger partial charge is 0.191 e. The number of hydrogen-bond acceptors (Lipinski definition) is 2. The average molecular weight is 318 g/mol. The van der Waals surface area contributed by atoms with Gasteiger partial charge in [-0.2, -0.15) is 0 Å². The molecule has 5 heteroatoms. The molecule has 0 fully saturated rings. The molecule has 0 atom stereocenters. The topological polar surface area (TPSA) is 49.6 Å². The van der Waals surface area contributed by atoms with Crippen LogP contribution >= 0.6 is 11.6 Å². The first-order valence-corrected chi connectivity index (χ1v) is 7.56. The van der Waals surface area contributed by atoms with Gasteiger partial charge in [0.05, 0.1) is 12.8 Å². The molecule has 0 saturated carbocycles. The number of nitrogens with zero attached hydrogens (tertiary/aromatic N) is 1. The maximum atomic E-state index is 6.15. The number of aliphatic imine (C=N–C) groups is 1. The zero-order valence-corrected chi connectivity index (χ0v) is 13.1. The molecule has 1 aromatic carbocycles. The number of benzene rings is 1. The fourth-order valence-electron chi connectivity index (χ4n) is 1.89. The van der Waals surface area contributed by atoms with Crippen molar-refractivity contribution in [2.75, 3.05) is 13.1 Å². The summed E-state index contributed by atoms with van der Waals surface area (Å²) in [5.74, 6) is 1.67. The number of hydrogen-bond donors (Lipinski definition) is 2. The summed E-state index contributed by atoms with van der Waals surface area (Å²) in [4.78, 5) is 4.54. The second-order valence-corrected chi connectivity index (χ2v) is 5.09. The molecule has 0 aliphatic rings. The van der Waals surface area contributed by atoms with Crippen LogP contribution in [0.25, 0.3) is 0 Å². The van der Waals surface area contributed by atoms with Crippen molar-refractivity contribution in [2.45, 2.75) is 13.0 Å². The zero-order valence-electron chi connectivity index (χ0n) is 12.4. The van der Waals surface area contributed by atoms with Gasteiger partial charge in [0.15, 0.2) is 5.96 Å². The van der Waals surface area contributed by atoms with E-state index in [0.29, 0.717) is 13.1 Å². The minimum absolute atomic E-state index is 0.521. The number of guanidine groups is 1. The van der Waals surface area contributed by atoms with Gasteiger partial charge < -0.3 is 15.1 Å². The maximum absolute atomic E-state index is 6.15. The van der Waals surface area contributed by atoms with Gasteiger partial charge in [-0.3, -0.25) is 0 Å². The fourth-order valence-corrected chi connectivity index (χ4v) is 2.09. The third-order valence-corrected chi connectivity index (χ3v) is 3.39. The quantitative estimate of drug-likeness (QED) is 0.467. The Morgan fingerprint density at radius 1 is 1.23 bits per heavy atom. The molecule has 2 aromatic rings. The van der Waals surface area contributed by atoms with Gasteiger partial charge in [0.1, 0.15) is 5.76 Å². The van der Waals surface area contributed by atoms with E-state index in [9.17, 15) is 0 Å². The molecule has 0 spiro atoms. The van der Waals surface area contributed by atoms with Gasteiger partial charge in [0, 0.05) is 24.5 Å². The highest BCUT2D eigenvalue weighted by Gasteiger charge is 2.01. The molecule has 0 radical (unpaired) electrons. The van der Waals surface area contributed by atoms with Gasteiger partial charge in [-0.1, -0.05) is 35.9 Å². The third-order valence-electron chi connectivity index (χ3n) is 3.02. The maximum Gasteiger partial charge on any atom is 0.191 e. The van der Waals surface area contributed by atoms with Crippen molar-refractivity contribution < 1.29 is 4.42 Å². The Bertz CT molecular complexity index is 608. The van der Waals surface area contributed by atoms with Gasteiger partial charge in [-0.05, 0) is 23.8 Å². The molecule has 0 amide bonds. The Hall–Kier alpha value is -2.20. The molecule has 4 nitrogen and oxygen atoms in total. The number of rotatable bonds is 7. The van der Waals surface area contributed by atoms with Crippen molar-refractivity contribution in [1.82, 2.24) is 10.6 Å². The van der Waals surface area contributed by atoms with Crippen molar-refractivity contribution in [3.05, 3.63) is 71.7 Å². The molecular formula is C17H20ClN3O. The monoisotopic (exact) mass is 317 g/mol. The fraction of sp³-hybridized carbons (Fsp3) is 0.235. The Labute approximate surface area is 135 Å². The summed E-state index contributed by atoms with van der Waals surface area (Å²) in [5, 5.41) is 7.18. The molecule has 1 heterocycles. The first kappa shape index (κ1) is 16.2. The highest BCUT2D eigenvalue weighted by molar-refractivity contribution is 6.31. The Morgan fingerprint density at radius 3 is 2.82 bits per heavy atom. The van der Waals surface area contributed by atoms with E-state index in [1.165, 1.54) is 0 Å². The number of nitrogens with one attached hydrogen (secondary N) is 2. The van der Waals surface area contributed by atoms with Crippen LogP contribution < -0.4 is 10.6 Å². The standard InChI is InChI=1S/C17H20ClN3O/c1-2-10-19-17(20-11-9-15-7-5-12-22-15)21-13-14-6-3-4-8-16(14)18/h2-8,12H,1,9-11,13H2,(H2,19,20,21). The second-order valence-electron chi connectivity index (χ2n) is 4.68. The largest absolute Gasteiger partial charge is 0.469 e. The summed E-state index contributed by atoms with van der Waals surface area (Å²) < 4.78 is 5.31. The lowest BCUT2D eigenvalue weighted by Gasteiger charge is -2.11. The molecule has 2 rings (SSSR count). The van der Waals surface area contributed by atoms with Gasteiger partial charge >= 0.3 is 0 Å². The summed E-state index contributed by atoms with van der Waals surface area (Å²) in [7, 11) is 0. The van der Waals surface area contributed by atoms with Crippen LogP contribution in [0, 0.1) is 0 Å². The first-order chi connectivity index (χ1) is 10.8. The Morgan fingerprint density at radius 2 is 2.09 bits per heavy atom. The highest BCUT2D eigenvalue weighted by atomic mass is 35.5. The van der Waals surface area contributed by atoms with Crippen LogP contribution in [0.15, 0.2) is 64.7 Å². The third kappa shape index (κ3) is 5.30. The van der Waals surface area contributed by atoms with Crippen LogP contribution in [-0.2, 0) is 13.0 Å². The van der Waals surface area contributed by atoms with Gasteiger partial charge in [-0.15, -0.1) is 6.58 Å². The van der Waals surface area contributed by atoms with Crippen molar-refractivity contribution in [3.8, 4) is 0 Å². The van der Waals surface area contributed by atoms with Gasteiger partial charge in [0.2, 0.25) is 0 Å². The minimum Gasteiger partial charge on any atom is -0.469 e. The number of furan rings is 1. The molecule has 0 aliphatic heterocycles. The van der Waals surface area contributed by atoms with E-state index in [2.05, 4.69) is 22.2 Å². The molecule has 0 unspecified atom stereocenters. The van der Waals surface area contributed by atoms with Crippen LogP contribution in [-0.4, -0.2) is 19.0 Å². The lowest BCUT2D eigenvalue weighted by molar-refractivity contribution is 0.507. The average Bonchev–Trinajstić information content (AvgIpc) is 3.04. The summed E-state index contributed by atoms with van der Waals surface area (Å²) >= 11 is 6.15. The first-order valence-electron chi connectivity index (χ1n) is 7.18. The lowest BCUT2D eigenvalue weighted by Crippen LogP contribution is -2.38. The van der Waals surface area contributed by atoms with Crippen LogP contribution in [0.4, 0.5) is 0 Å². The van der Waals surface area contributed by atoms with Crippen molar-refractivity contribution in [2.24, 2.45) is 4.99 Å². The van der Waals surface area contributed by atoms with Gasteiger partial charge in [-0.25, -0.2) is 4.99 Å². The molecule has 116 valence electrons. The van der Waals surface area contributed by atoms with Crippen LogP contribution in [0.5, 0.6) is 0 Å². The van der Waals surface area contributed by atoms with Crippen LogP contribution in [0.3, 0.4) is 0 Å². The highest BCUT2D eigenvalue weighted by Crippen LogP contribution is 2.15. The molecule has 0 aliphatic carbocycles. The second kappa shape index (κ2) is 8.95. The van der Waals surface area contributed by atoms with E-state index in [0.717, 1.165) is 35.3 Å². The van der Waals surface area contributed by atoms with E-state index >= 15 is 0 Å². The van der Waals surface area contributed by atoms with Crippen molar-refractivity contribution >= 4 is 17.6 Å². The summed E-state index contributed by atoms with van der Waals surface area (Å²) in [6, 6.07) is 11.6. The minimum atomic E-state index is 0.521. The van der Waals surface area contributed by atoms with Crippen molar-refractivity contribution in [1.29, 1.82) is 0 Å². The van der Waals surface area contributed by atoms with E-state index < -0.39 is 0 Å². The Kier molecular flexibility index (Phi) is 6.58. The van der Waals surface area contributed by atoms with Crippen LogP contribution in [0.2, 0.25) is 5.02 Å². The Balaban J connectivity index is 1.91. The lowest BCUT2D eigenvalue weighted by atomic mass is 10.2. The summed E-state index contributed by atoms with van der Waals surface area (Å²) in [6.07, 6.45) is 4.27. The summed E-state index contributed by atoms with van der Waals surface area (Å²) in [5.41, 5.74) is 0.995. The molecule has 22 heavy (non-hydrogen) atoms. The van der Waals surface area contributed by atoms with E-state index in [4.69, 9.17) is 16.0 Å². The SMILES string of the molecule is C=CCNC(=NCc1ccccc1Cl)NCCc1ccco1. The van der Waals surface area contributed by atoms with Gasteiger partial charge in [0.25, 0.3) is 0 Å².